The standard InChI is InChI=1S/C30H34N6O6S2/c1-41-14-12-34(24-25(31)35(29(40)32-26(24)38)15-18-7-3-2-4-8-18)22(37)17-43-30-33-27-23(20-10-5-11-21(20)44-27)28(39)36(30)16-19-9-6-13-42-19/h2-4,7-8,19H,5-6,9-17,31H2,1H3,(H,32,38,40)/t19-/m1/s1. The largest absolute Gasteiger partial charge is 0.383 e. The summed E-state index contributed by atoms with van der Waals surface area (Å²) in [6.45, 7) is 1.27. The lowest BCUT2D eigenvalue weighted by Gasteiger charge is -2.24. The number of hydrogen-bond acceptors (Lipinski definition) is 10. The molecular formula is C30H34N6O6S2. The van der Waals surface area contributed by atoms with Crippen LogP contribution < -0.4 is 27.4 Å². The second-order valence-electron chi connectivity index (χ2n) is 10.9. The van der Waals surface area contributed by atoms with Gasteiger partial charge in [-0.25, -0.2) is 9.78 Å². The third-order valence-electron chi connectivity index (χ3n) is 8.01. The highest BCUT2D eigenvalue weighted by Gasteiger charge is 2.28. The Labute approximate surface area is 260 Å². The number of amides is 1. The van der Waals surface area contributed by atoms with Crippen molar-refractivity contribution in [2.45, 2.75) is 56.5 Å². The molecule has 44 heavy (non-hydrogen) atoms. The van der Waals surface area contributed by atoms with E-state index in [4.69, 9.17) is 20.2 Å². The molecule has 6 rings (SSSR count). The molecule has 12 nitrogen and oxygen atoms in total. The molecule has 1 saturated heterocycles. The van der Waals surface area contributed by atoms with Crippen molar-refractivity contribution in [1.29, 1.82) is 0 Å². The van der Waals surface area contributed by atoms with Crippen LogP contribution in [0.4, 0.5) is 11.5 Å². The predicted molar refractivity (Wildman–Crippen MR) is 171 cm³/mol. The quantitative estimate of drug-likeness (QED) is 0.186. The topological polar surface area (TPSA) is 155 Å². The minimum atomic E-state index is -0.769. The summed E-state index contributed by atoms with van der Waals surface area (Å²) in [6, 6.07) is 9.20. The predicted octanol–water partition coefficient (Wildman–Crippen LogP) is 2.38. The lowest BCUT2D eigenvalue weighted by Crippen LogP contribution is -2.43. The number of nitrogen functional groups attached to an aromatic ring is 1. The van der Waals surface area contributed by atoms with Crippen LogP contribution in [-0.4, -0.2) is 63.7 Å². The van der Waals surface area contributed by atoms with Gasteiger partial charge in [-0.1, -0.05) is 42.1 Å². The second-order valence-corrected chi connectivity index (χ2v) is 12.9. The Morgan fingerprint density at radius 3 is 2.77 bits per heavy atom. The number of aromatic amines is 1. The molecule has 1 aliphatic heterocycles. The van der Waals surface area contributed by atoms with Crippen molar-refractivity contribution in [3.63, 3.8) is 0 Å². The lowest BCUT2D eigenvalue weighted by atomic mass is 10.2. The Morgan fingerprint density at radius 2 is 2.02 bits per heavy atom. The van der Waals surface area contributed by atoms with Gasteiger partial charge in [-0.2, -0.15) is 0 Å². The maximum absolute atomic E-state index is 13.9. The fraction of sp³-hybridized carbons (Fsp3) is 0.433. The van der Waals surface area contributed by atoms with Gasteiger partial charge in [-0.3, -0.25) is 28.5 Å². The molecule has 0 spiro atoms. The number of aromatic nitrogens is 4. The average Bonchev–Trinajstić information content (AvgIpc) is 3.76. The van der Waals surface area contributed by atoms with Gasteiger partial charge >= 0.3 is 5.69 Å². The molecule has 1 fully saturated rings. The van der Waals surface area contributed by atoms with Crippen LogP contribution in [-0.2, 0) is 40.2 Å². The number of nitrogens with zero attached hydrogens (tertiary/aromatic N) is 4. The number of ether oxygens (including phenoxy) is 2. The highest BCUT2D eigenvalue weighted by molar-refractivity contribution is 7.99. The summed E-state index contributed by atoms with van der Waals surface area (Å²) in [5, 5.41) is 1.10. The fourth-order valence-corrected chi connectivity index (χ4v) is 8.02. The summed E-state index contributed by atoms with van der Waals surface area (Å²) in [5.74, 6) is -0.699. The minimum absolute atomic E-state index is 0.0273. The number of thioether (sulfide) groups is 1. The number of carbonyl (C=O) groups is 1. The number of aryl methyl sites for hydroxylation is 2. The highest BCUT2D eigenvalue weighted by atomic mass is 32.2. The molecule has 3 aromatic heterocycles. The van der Waals surface area contributed by atoms with Gasteiger partial charge in [0.25, 0.3) is 11.1 Å². The van der Waals surface area contributed by atoms with E-state index in [9.17, 15) is 19.2 Å². The molecule has 0 bridgehead atoms. The van der Waals surface area contributed by atoms with E-state index < -0.39 is 17.2 Å². The molecule has 1 aromatic carbocycles. The lowest BCUT2D eigenvalue weighted by molar-refractivity contribution is -0.116. The smallest absolute Gasteiger partial charge is 0.330 e. The number of anilines is 2. The van der Waals surface area contributed by atoms with Gasteiger partial charge in [-0.15, -0.1) is 11.3 Å². The Morgan fingerprint density at radius 1 is 1.20 bits per heavy atom. The van der Waals surface area contributed by atoms with E-state index in [2.05, 4.69) is 4.98 Å². The van der Waals surface area contributed by atoms with Crippen LogP contribution in [0.25, 0.3) is 10.2 Å². The molecule has 3 N–H and O–H groups in total. The van der Waals surface area contributed by atoms with Gasteiger partial charge in [0.15, 0.2) is 10.8 Å². The van der Waals surface area contributed by atoms with E-state index in [1.165, 1.54) is 21.5 Å². The van der Waals surface area contributed by atoms with Crippen LogP contribution in [0.1, 0.15) is 35.3 Å². The third kappa shape index (κ3) is 5.99. The van der Waals surface area contributed by atoms with E-state index >= 15 is 0 Å². The molecule has 1 aliphatic carbocycles. The number of nitrogens with two attached hydrogens (primary N) is 1. The van der Waals surface area contributed by atoms with Crippen LogP contribution in [0.5, 0.6) is 0 Å². The van der Waals surface area contributed by atoms with Crippen molar-refractivity contribution in [2.24, 2.45) is 0 Å². The van der Waals surface area contributed by atoms with Gasteiger partial charge in [0.1, 0.15) is 10.6 Å². The summed E-state index contributed by atoms with van der Waals surface area (Å²) in [4.78, 5) is 63.8. The molecule has 0 unspecified atom stereocenters. The van der Waals surface area contributed by atoms with Crippen molar-refractivity contribution in [3.8, 4) is 0 Å². The number of nitrogens with one attached hydrogen (secondary N) is 1. The Bertz CT molecular complexity index is 1860. The molecule has 0 saturated carbocycles. The van der Waals surface area contributed by atoms with Crippen LogP contribution in [0.3, 0.4) is 0 Å². The van der Waals surface area contributed by atoms with Gasteiger partial charge in [0, 0.05) is 25.1 Å². The third-order valence-corrected chi connectivity index (χ3v) is 10.2. The first kappa shape index (κ1) is 30.3. The number of fused-ring (bicyclic) bond motifs is 3. The Kier molecular flexibility index (Phi) is 9.03. The number of methoxy groups -OCH3 is 1. The molecular weight excluding hydrogens is 605 g/mol. The zero-order valence-electron chi connectivity index (χ0n) is 24.4. The molecule has 2 aliphatic rings. The van der Waals surface area contributed by atoms with Gasteiger partial charge in [-0.05, 0) is 43.2 Å². The molecule has 1 amide bonds. The monoisotopic (exact) mass is 638 g/mol. The summed E-state index contributed by atoms with van der Waals surface area (Å²) < 4.78 is 14.0. The normalized spacial score (nSPS) is 16.1. The Balaban J connectivity index is 1.33. The van der Waals surface area contributed by atoms with E-state index in [-0.39, 0.29) is 48.6 Å². The van der Waals surface area contributed by atoms with Crippen molar-refractivity contribution < 1.29 is 14.3 Å². The van der Waals surface area contributed by atoms with Crippen LogP contribution in [0.2, 0.25) is 0 Å². The van der Waals surface area contributed by atoms with E-state index in [1.54, 1.807) is 15.9 Å². The summed E-state index contributed by atoms with van der Waals surface area (Å²) in [7, 11) is 1.49. The highest BCUT2D eigenvalue weighted by Crippen LogP contribution is 2.36. The molecule has 232 valence electrons. The van der Waals surface area contributed by atoms with Crippen molar-refractivity contribution in [1.82, 2.24) is 19.1 Å². The second kappa shape index (κ2) is 13.1. The molecule has 0 radical (unpaired) electrons. The molecule has 4 heterocycles. The number of thiophene rings is 1. The maximum Gasteiger partial charge on any atom is 0.330 e. The van der Waals surface area contributed by atoms with Gasteiger partial charge in [0.05, 0.1) is 36.9 Å². The SMILES string of the molecule is COCCN(C(=O)CSc1nc2sc3c(c2c(=O)n1C[C@H]1CCCO1)CCC3)c1c(N)n(Cc2ccccc2)c(=O)[nH]c1=O. The van der Waals surface area contributed by atoms with E-state index in [0.717, 1.165) is 55.0 Å². The molecule has 14 heteroatoms. The van der Waals surface area contributed by atoms with Crippen LogP contribution in [0, 0.1) is 0 Å². The first-order valence-corrected chi connectivity index (χ1v) is 16.4. The van der Waals surface area contributed by atoms with Crippen molar-refractivity contribution >= 4 is 50.7 Å². The number of benzene rings is 1. The summed E-state index contributed by atoms with van der Waals surface area (Å²) in [6.07, 6.45) is 4.52. The van der Waals surface area contributed by atoms with Gasteiger partial charge in [0.2, 0.25) is 5.91 Å². The first-order valence-electron chi connectivity index (χ1n) is 14.6. The minimum Gasteiger partial charge on any atom is -0.383 e. The summed E-state index contributed by atoms with van der Waals surface area (Å²) in [5.41, 5.74) is 6.64. The van der Waals surface area contributed by atoms with Crippen molar-refractivity contribution in [3.05, 3.63) is 77.5 Å². The van der Waals surface area contributed by atoms with Crippen molar-refractivity contribution in [2.75, 3.05) is 43.3 Å². The zero-order chi connectivity index (χ0) is 30.8. The number of rotatable bonds is 11. The number of H-pyrrole nitrogens is 1. The zero-order valence-corrected chi connectivity index (χ0v) is 26.0. The number of hydrogen-bond donors (Lipinski definition) is 2. The van der Waals surface area contributed by atoms with E-state index in [0.29, 0.717) is 28.5 Å². The van der Waals surface area contributed by atoms with Crippen LogP contribution >= 0.6 is 23.1 Å². The van der Waals surface area contributed by atoms with E-state index in [1.807, 2.05) is 30.3 Å². The van der Waals surface area contributed by atoms with Gasteiger partial charge < -0.3 is 20.1 Å². The Hall–Kier alpha value is -3.72. The first-order chi connectivity index (χ1) is 21.4. The van der Waals surface area contributed by atoms with Crippen LogP contribution in [0.15, 0.2) is 49.9 Å². The summed E-state index contributed by atoms with van der Waals surface area (Å²) >= 11 is 2.68. The average molecular weight is 639 g/mol. The number of carbonyl (C=O) groups excluding carboxylic acids is 1. The molecule has 4 aromatic rings. The fourth-order valence-electron chi connectivity index (χ4n) is 5.83. The molecule has 1 atom stereocenters. The maximum atomic E-state index is 13.9.